The van der Waals surface area contributed by atoms with E-state index in [0.29, 0.717) is 6.04 Å². The molecule has 76 valence electrons. The van der Waals surface area contributed by atoms with E-state index in [1.165, 1.54) is 0 Å². The predicted octanol–water partition coefficient (Wildman–Crippen LogP) is 0.981. The predicted molar refractivity (Wildman–Crippen MR) is 53.2 cm³/mol. The third-order valence-corrected chi connectivity index (χ3v) is 3.04. The number of nitrogens with two attached hydrogens (primary N) is 1. The van der Waals surface area contributed by atoms with E-state index in [1.807, 2.05) is 32.6 Å². The zero-order valence-corrected chi connectivity index (χ0v) is 9.00. The Balaban J connectivity index is 2.83. The van der Waals surface area contributed by atoms with Gasteiger partial charge in [-0.25, -0.2) is 0 Å². The summed E-state index contributed by atoms with van der Waals surface area (Å²) >= 11 is 0. The van der Waals surface area contributed by atoms with Gasteiger partial charge in [0.1, 0.15) is 0 Å². The summed E-state index contributed by atoms with van der Waals surface area (Å²) in [5.74, 6) is 0.196. The molecule has 1 aliphatic heterocycles. The Morgan fingerprint density at radius 1 is 1.54 bits per heavy atom. The molecule has 13 heavy (non-hydrogen) atoms. The van der Waals surface area contributed by atoms with Gasteiger partial charge in [-0.3, -0.25) is 4.79 Å². The van der Waals surface area contributed by atoms with Crippen LogP contribution in [0.15, 0.2) is 0 Å². The van der Waals surface area contributed by atoms with Gasteiger partial charge < -0.3 is 10.6 Å². The number of piperidine rings is 1. The summed E-state index contributed by atoms with van der Waals surface area (Å²) in [7, 11) is 0. The number of carbonyl (C=O) groups is 1. The summed E-state index contributed by atoms with van der Waals surface area (Å²) in [5, 5.41) is 0. The first-order chi connectivity index (χ1) is 5.87. The molecule has 1 unspecified atom stereocenters. The molecule has 2 N–H and O–H groups in total. The summed E-state index contributed by atoms with van der Waals surface area (Å²) < 4.78 is 0. The van der Waals surface area contributed by atoms with Crippen LogP contribution in [0.25, 0.3) is 0 Å². The maximum absolute atomic E-state index is 11.9. The quantitative estimate of drug-likeness (QED) is 0.660. The van der Waals surface area contributed by atoms with Crippen molar-refractivity contribution in [3.05, 3.63) is 0 Å². The van der Waals surface area contributed by atoms with Gasteiger partial charge in [-0.05, 0) is 34.1 Å². The van der Waals surface area contributed by atoms with Gasteiger partial charge in [0.05, 0.1) is 5.41 Å². The fourth-order valence-corrected chi connectivity index (χ4v) is 1.76. The minimum Gasteiger partial charge on any atom is -0.340 e. The van der Waals surface area contributed by atoms with Gasteiger partial charge in [-0.2, -0.15) is 0 Å². The summed E-state index contributed by atoms with van der Waals surface area (Å²) in [4.78, 5) is 13.9. The molecule has 1 amide bonds. The summed E-state index contributed by atoms with van der Waals surface area (Å²) in [5.41, 5.74) is 5.53. The van der Waals surface area contributed by atoms with Gasteiger partial charge >= 0.3 is 0 Å². The molecule has 0 spiro atoms. The summed E-state index contributed by atoms with van der Waals surface area (Å²) in [6.45, 7) is 8.78. The number of hydrogen-bond donors (Lipinski definition) is 1. The van der Waals surface area contributed by atoms with E-state index in [4.69, 9.17) is 5.73 Å². The lowest BCUT2D eigenvalue weighted by molar-refractivity contribution is -0.147. The van der Waals surface area contributed by atoms with Crippen molar-refractivity contribution in [2.45, 2.75) is 46.2 Å². The third-order valence-electron chi connectivity index (χ3n) is 3.04. The number of likely N-dealkylation sites (tertiary alicyclic amines) is 1. The Labute approximate surface area is 80.3 Å². The molecule has 1 aliphatic rings. The van der Waals surface area contributed by atoms with Crippen LogP contribution in [0.1, 0.15) is 34.1 Å². The summed E-state index contributed by atoms with van der Waals surface area (Å²) in [6.07, 6.45) is 0.914. The van der Waals surface area contributed by atoms with Gasteiger partial charge in [0.2, 0.25) is 5.91 Å². The van der Waals surface area contributed by atoms with E-state index in [-0.39, 0.29) is 17.4 Å². The number of hydrogen-bond acceptors (Lipinski definition) is 2. The van der Waals surface area contributed by atoms with Crippen LogP contribution in [0.3, 0.4) is 0 Å². The molecule has 3 nitrogen and oxygen atoms in total. The number of carbonyl (C=O) groups excluding carboxylic acids is 1. The molecule has 0 bridgehead atoms. The fraction of sp³-hybridized carbons (Fsp3) is 0.900. The highest BCUT2D eigenvalue weighted by molar-refractivity contribution is 5.83. The third kappa shape index (κ3) is 1.70. The Hall–Kier alpha value is -0.570. The SMILES string of the molecule is CC(C)N1CCC(N)C(C)(C)C1=O. The lowest BCUT2D eigenvalue weighted by Crippen LogP contribution is -2.58. The average Bonchev–Trinajstić information content (AvgIpc) is 2.01. The van der Waals surface area contributed by atoms with E-state index in [0.717, 1.165) is 13.0 Å². The van der Waals surface area contributed by atoms with E-state index in [1.54, 1.807) is 0 Å². The van der Waals surface area contributed by atoms with E-state index < -0.39 is 0 Å². The minimum absolute atomic E-state index is 0.00926. The Morgan fingerprint density at radius 2 is 2.08 bits per heavy atom. The molecule has 0 saturated carbocycles. The van der Waals surface area contributed by atoms with Crippen molar-refractivity contribution in [2.75, 3.05) is 6.54 Å². The van der Waals surface area contributed by atoms with Crippen LogP contribution in [0.2, 0.25) is 0 Å². The van der Waals surface area contributed by atoms with Gasteiger partial charge in [0.15, 0.2) is 0 Å². The molecule has 0 aliphatic carbocycles. The van der Waals surface area contributed by atoms with Crippen molar-refractivity contribution in [3.8, 4) is 0 Å². The zero-order chi connectivity index (χ0) is 10.2. The van der Waals surface area contributed by atoms with Crippen molar-refractivity contribution in [2.24, 2.45) is 11.1 Å². The second-order valence-corrected chi connectivity index (χ2v) is 4.71. The minimum atomic E-state index is -0.386. The van der Waals surface area contributed by atoms with Gasteiger partial charge in [-0.15, -0.1) is 0 Å². The van der Waals surface area contributed by atoms with Crippen molar-refractivity contribution in [1.82, 2.24) is 4.90 Å². The fourth-order valence-electron chi connectivity index (χ4n) is 1.76. The van der Waals surface area contributed by atoms with Crippen molar-refractivity contribution >= 4 is 5.91 Å². The second kappa shape index (κ2) is 3.29. The Kier molecular flexibility index (Phi) is 2.66. The second-order valence-electron chi connectivity index (χ2n) is 4.71. The molecule has 1 rings (SSSR count). The first-order valence-corrected chi connectivity index (χ1v) is 4.94. The Morgan fingerprint density at radius 3 is 2.54 bits per heavy atom. The normalized spacial score (nSPS) is 28.3. The number of amides is 1. The zero-order valence-electron chi connectivity index (χ0n) is 9.00. The van der Waals surface area contributed by atoms with Crippen LogP contribution in [-0.2, 0) is 4.79 Å². The van der Waals surface area contributed by atoms with Gasteiger partial charge in [-0.1, -0.05) is 0 Å². The molecule has 0 radical (unpaired) electrons. The van der Waals surface area contributed by atoms with Gasteiger partial charge in [0, 0.05) is 18.6 Å². The van der Waals surface area contributed by atoms with Crippen LogP contribution in [-0.4, -0.2) is 29.4 Å². The van der Waals surface area contributed by atoms with Gasteiger partial charge in [0.25, 0.3) is 0 Å². The van der Waals surface area contributed by atoms with Crippen molar-refractivity contribution < 1.29 is 4.79 Å². The first kappa shape index (κ1) is 10.5. The van der Waals surface area contributed by atoms with E-state index in [9.17, 15) is 4.79 Å². The monoisotopic (exact) mass is 184 g/mol. The first-order valence-electron chi connectivity index (χ1n) is 4.94. The highest BCUT2D eigenvalue weighted by atomic mass is 16.2. The molecule has 1 atom stereocenters. The molecule has 1 heterocycles. The highest BCUT2D eigenvalue weighted by Crippen LogP contribution is 2.30. The van der Waals surface area contributed by atoms with Crippen LogP contribution < -0.4 is 5.73 Å². The number of rotatable bonds is 1. The Bertz CT molecular complexity index is 211. The highest BCUT2D eigenvalue weighted by Gasteiger charge is 2.42. The van der Waals surface area contributed by atoms with Crippen LogP contribution >= 0.6 is 0 Å². The van der Waals surface area contributed by atoms with Crippen LogP contribution in [0.4, 0.5) is 0 Å². The molecule has 3 heteroatoms. The maximum atomic E-state index is 11.9. The molecule has 0 aromatic heterocycles. The molecular weight excluding hydrogens is 164 g/mol. The molecule has 0 aromatic rings. The largest absolute Gasteiger partial charge is 0.340 e. The average molecular weight is 184 g/mol. The molecule has 0 aromatic carbocycles. The topological polar surface area (TPSA) is 46.3 Å². The standard InChI is InChI=1S/C10H20N2O/c1-7(2)12-6-5-8(11)10(3,4)9(12)13/h7-8H,5-6,11H2,1-4H3. The van der Waals surface area contributed by atoms with Crippen molar-refractivity contribution in [1.29, 1.82) is 0 Å². The maximum Gasteiger partial charge on any atom is 0.230 e. The summed E-state index contributed by atoms with van der Waals surface area (Å²) in [6, 6.07) is 0.300. The molecule has 1 saturated heterocycles. The van der Waals surface area contributed by atoms with Crippen LogP contribution in [0.5, 0.6) is 0 Å². The van der Waals surface area contributed by atoms with Crippen molar-refractivity contribution in [3.63, 3.8) is 0 Å². The number of nitrogens with zero attached hydrogens (tertiary/aromatic N) is 1. The molecule has 1 fully saturated rings. The molecular formula is C10H20N2O. The van der Waals surface area contributed by atoms with E-state index >= 15 is 0 Å². The lowest BCUT2D eigenvalue weighted by Gasteiger charge is -2.43. The lowest BCUT2D eigenvalue weighted by atomic mass is 9.78. The smallest absolute Gasteiger partial charge is 0.230 e. The van der Waals surface area contributed by atoms with Crippen LogP contribution in [0, 0.1) is 5.41 Å². The van der Waals surface area contributed by atoms with E-state index in [2.05, 4.69) is 0 Å².